The predicted molar refractivity (Wildman–Crippen MR) is 67.5 cm³/mol. The number of halogens is 1. The van der Waals surface area contributed by atoms with E-state index in [2.05, 4.69) is 0 Å². The highest BCUT2D eigenvalue weighted by Crippen LogP contribution is 2.33. The van der Waals surface area contributed by atoms with Crippen molar-refractivity contribution in [1.82, 2.24) is 4.90 Å². The van der Waals surface area contributed by atoms with E-state index in [1.165, 1.54) is 12.3 Å². The van der Waals surface area contributed by atoms with Crippen molar-refractivity contribution in [2.45, 2.75) is 0 Å². The third kappa shape index (κ3) is 3.17. The SMILES string of the molecule is CN(C)C=Cc1c([N+](=O)[O-])cc(Cl)cc1[N+](=O)[O-]. The topological polar surface area (TPSA) is 89.5 Å². The van der Waals surface area contributed by atoms with Gasteiger partial charge in [-0.2, -0.15) is 0 Å². The van der Waals surface area contributed by atoms with Crippen LogP contribution in [-0.4, -0.2) is 28.8 Å². The summed E-state index contributed by atoms with van der Waals surface area (Å²) in [5.74, 6) is 0. The van der Waals surface area contributed by atoms with Gasteiger partial charge in [0.1, 0.15) is 5.56 Å². The molecule has 7 nitrogen and oxygen atoms in total. The fraction of sp³-hybridized carbons (Fsp3) is 0.200. The Morgan fingerprint density at radius 1 is 1.17 bits per heavy atom. The van der Waals surface area contributed by atoms with Crippen molar-refractivity contribution in [2.75, 3.05) is 14.1 Å². The minimum absolute atomic E-state index is 0.0459. The number of benzene rings is 1. The average Bonchev–Trinajstić information content (AvgIpc) is 2.25. The van der Waals surface area contributed by atoms with Gasteiger partial charge >= 0.3 is 0 Å². The molecule has 0 amide bonds. The Balaban J connectivity index is 3.51. The zero-order chi connectivity index (χ0) is 13.9. The number of rotatable bonds is 4. The molecular formula is C10H10ClN3O4. The number of nitro groups is 2. The van der Waals surface area contributed by atoms with E-state index in [1.54, 1.807) is 19.0 Å². The maximum absolute atomic E-state index is 10.9. The lowest BCUT2D eigenvalue weighted by Gasteiger charge is -2.04. The van der Waals surface area contributed by atoms with E-state index in [0.717, 1.165) is 12.1 Å². The van der Waals surface area contributed by atoms with E-state index in [1.807, 2.05) is 0 Å². The van der Waals surface area contributed by atoms with Crippen LogP contribution in [0.1, 0.15) is 5.56 Å². The summed E-state index contributed by atoms with van der Waals surface area (Å²) in [7, 11) is 3.40. The Morgan fingerprint density at radius 2 is 1.61 bits per heavy atom. The quantitative estimate of drug-likeness (QED) is 0.620. The summed E-state index contributed by atoms with van der Waals surface area (Å²) < 4.78 is 0. The van der Waals surface area contributed by atoms with Gasteiger partial charge in [-0.25, -0.2) is 0 Å². The molecule has 0 aliphatic carbocycles. The van der Waals surface area contributed by atoms with Gasteiger partial charge in [0.15, 0.2) is 0 Å². The van der Waals surface area contributed by atoms with Gasteiger partial charge in [-0.1, -0.05) is 11.6 Å². The van der Waals surface area contributed by atoms with Gasteiger partial charge in [0.05, 0.1) is 14.9 Å². The molecule has 0 spiro atoms. The molecule has 0 bridgehead atoms. The summed E-state index contributed by atoms with van der Waals surface area (Å²) in [6, 6.07) is 2.17. The van der Waals surface area contributed by atoms with Crippen LogP contribution in [0.4, 0.5) is 11.4 Å². The fourth-order valence-electron chi connectivity index (χ4n) is 1.29. The molecule has 0 N–H and O–H groups in total. The van der Waals surface area contributed by atoms with E-state index in [4.69, 9.17) is 11.6 Å². The molecule has 0 aliphatic rings. The van der Waals surface area contributed by atoms with Crippen molar-refractivity contribution >= 4 is 29.1 Å². The molecule has 0 aliphatic heterocycles. The largest absolute Gasteiger partial charge is 0.383 e. The van der Waals surface area contributed by atoms with Gasteiger partial charge in [0, 0.05) is 26.2 Å². The van der Waals surface area contributed by atoms with Crippen molar-refractivity contribution in [3.63, 3.8) is 0 Å². The molecule has 0 aromatic heterocycles. The van der Waals surface area contributed by atoms with Gasteiger partial charge in [0.2, 0.25) is 0 Å². The van der Waals surface area contributed by atoms with Gasteiger partial charge < -0.3 is 4.90 Å². The van der Waals surface area contributed by atoms with E-state index < -0.39 is 21.2 Å². The summed E-state index contributed by atoms with van der Waals surface area (Å²) in [5.41, 5.74) is -0.872. The van der Waals surface area contributed by atoms with Gasteiger partial charge in [0.25, 0.3) is 11.4 Å². The van der Waals surface area contributed by atoms with Crippen LogP contribution in [0.3, 0.4) is 0 Å². The first kappa shape index (κ1) is 13.9. The number of hydrogen-bond donors (Lipinski definition) is 0. The molecule has 0 fully saturated rings. The van der Waals surface area contributed by atoms with Crippen LogP contribution in [0.5, 0.6) is 0 Å². The number of nitro benzene ring substituents is 2. The Labute approximate surface area is 108 Å². The molecule has 1 rings (SSSR count). The Kier molecular flexibility index (Phi) is 4.22. The highest BCUT2D eigenvalue weighted by atomic mass is 35.5. The van der Waals surface area contributed by atoms with Crippen LogP contribution in [0.2, 0.25) is 5.02 Å². The molecule has 0 saturated carbocycles. The second-order valence-corrected chi connectivity index (χ2v) is 4.09. The van der Waals surface area contributed by atoms with Crippen molar-refractivity contribution < 1.29 is 9.85 Å². The van der Waals surface area contributed by atoms with Gasteiger partial charge in [-0.05, 0) is 12.3 Å². The molecule has 0 heterocycles. The Bertz CT molecular complexity index is 493. The van der Waals surface area contributed by atoms with Crippen molar-refractivity contribution in [2.24, 2.45) is 0 Å². The van der Waals surface area contributed by atoms with Crippen molar-refractivity contribution in [3.8, 4) is 0 Å². The summed E-state index contributed by atoms with van der Waals surface area (Å²) in [6.07, 6.45) is 2.80. The predicted octanol–water partition coefficient (Wildman–Crippen LogP) is 2.69. The highest BCUT2D eigenvalue weighted by Gasteiger charge is 2.24. The fourth-order valence-corrected chi connectivity index (χ4v) is 1.49. The smallest absolute Gasteiger partial charge is 0.285 e. The van der Waals surface area contributed by atoms with Crippen LogP contribution in [-0.2, 0) is 0 Å². The van der Waals surface area contributed by atoms with Crippen molar-refractivity contribution in [1.29, 1.82) is 0 Å². The Morgan fingerprint density at radius 3 is 1.94 bits per heavy atom. The van der Waals surface area contributed by atoms with Crippen LogP contribution >= 0.6 is 11.6 Å². The molecule has 1 aromatic carbocycles. The molecule has 18 heavy (non-hydrogen) atoms. The van der Waals surface area contributed by atoms with Gasteiger partial charge in [-0.15, -0.1) is 0 Å². The molecule has 0 radical (unpaired) electrons. The summed E-state index contributed by atoms with van der Waals surface area (Å²) in [4.78, 5) is 22.0. The maximum Gasteiger partial charge on any atom is 0.285 e. The summed E-state index contributed by atoms with van der Waals surface area (Å²) >= 11 is 5.63. The standard InChI is InChI=1S/C10H10ClN3O4/c1-12(2)4-3-8-9(13(15)16)5-7(11)6-10(8)14(17)18/h3-6H,1-2H3. The van der Waals surface area contributed by atoms with Gasteiger partial charge in [-0.3, -0.25) is 20.2 Å². The molecule has 0 unspecified atom stereocenters. The lowest BCUT2D eigenvalue weighted by atomic mass is 10.1. The first-order valence-corrected chi connectivity index (χ1v) is 5.17. The van der Waals surface area contributed by atoms with E-state index >= 15 is 0 Å². The van der Waals surface area contributed by atoms with Crippen LogP contribution < -0.4 is 0 Å². The molecule has 8 heteroatoms. The van der Waals surface area contributed by atoms with Crippen molar-refractivity contribution in [3.05, 3.63) is 49.1 Å². The summed E-state index contributed by atoms with van der Waals surface area (Å²) in [6.45, 7) is 0. The van der Waals surface area contributed by atoms with E-state index in [-0.39, 0.29) is 10.6 Å². The average molecular weight is 272 g/mol. The first-order valence-electron chi connectivity index (χ1n) is 4.80. The van der Waals surface area contributed by atoms with Crippen LogP contribution in [0.15, 0.2) is 18.3 Å². The molecule has 1 aromatic rings. The van der Waals surface area contributed by atoms with Crippen LogP contribution in [0.25, 0.3) is 6.08 Å². The van der Waals surface area contributed by atoms with E-state index in [9.17, 15) is 20.2 Å². The molecule has 0 saturated heterocycles. The summed E-state index contributed by atoms with van der Waals surface area (Å²) in [5, 5.41) is 21.7. The maximum atomic E-state index is 10.9. The third-order valence-electron chi connectivity index (χ3n) is 2.03. The van der Waals surface area contributed by atoms with E-state index in [0.29, 0.717) is 0 Å². The number of nitrogens with zero attached hydrogens (tertiary/aromatic N) is 3. The first-order chi connectivity index (χ1) is 8.32. The third-order valence-corrected chi connectivity index (χ3v) is 2.25. The zero-order valence-electron chi connectivity index (χ0n) is 9.66. The minimum Gasteiger partial charge on any atom is -0.383 e. The second kappa shape index (κ2) is 5.46. The lowest BCUT2D eigenvalue weighted by Crippen LogP contribution is -2.02. The normalized spacial score (nSPS) is 10.6. The molecule has 0 atom stereocenters. The minimum atomic E-state index is -0.700. The Hall–Kier alpha value is -2.15. The highest BCUT2D eigenvalue weighted by molar-refractivity contribution is 6.31. The number of hydrogen-bond acceptors (Lipinski definition) is 5. The lowest BCUT2D eigenvalue weighted by molar-refractivity contribution is -0.394. The monoisotopic (exact) mass is 271 g/mol. The zero-order valence-corrected chi connectivity index (χ0v) is 10.4. The molecule has 96 valence electrons. The van der Waals surface area contributed by atoms with Crippen LogP contribution in [0, 0.1) is 20.2 Å². The second-order valence-electron chi connectivity index (χ2n) is 3.65. The molecular weight excluding hydrogens is 262 g/mol.